The van der Waals surface area contributed by atoms with Gasteiger partial charge in [-0.15, -0.1) is 0 Å². The van der Waals surface area contributed by atoms with E-state index in [0.717, 1.165) is 0 Å². The van der Waals surface area contributed by atoms with E-state index in [1.165, 1.54) is 0 Å². The molecule has 0 radical (unpaired) electrons. The summed E-state index contributed by atoms with van der Waals surface area (Å²) in [5.41, 5.74) is -0.641. The molecule has 0 heteroatoms. The van der Waals surface area contributed by atoms with Gasteiger partial charge in [0.2, 0.25) is 0 Å². The quantitative estimate of drug-likeness (QED) is 0.563. The summed E-state index contributed by atoms with van der Waals surface area (Å²) in [6.45, 7) is 7.95. The van der Waals surface area contributed by atoms with Crippen LogP contribution in [0.2, 0.25) is 0 Å². The Morgan fingerprint density at radius 3 is 0.944 bits per heavy atom. The van der Waals surface area contributed by atoms with E-state index >= 15 is 0 Å². The van der Waals surface area contributed by atoms with Crippen LogP contribution in [0.15, 0.2) is 24.3 Å². The van der Waals surface area contributed by atoms with Crippen molar-refractivity contribution >= 4 is 0 Å². The van der Waals surface area contributed by atoms with Crippen LogP contribution in [0.5, 0.6) is 0 Å². The summed E-state index contributed by atoms with van der Waals surface area (Å²) in [6, 6.07) is 0. The largest absolute Gasteiger partial charge is 0.0869 e. The van der Waals surface area contributed by atoms with Gasteiger partial charge in [0.15, 0.2) is 0 Å². The number of hydrogen-bond acceptors (Lipinski definition) is 0. The first-order valence-corrected chi connectivity index (χ1v) is 5.82. The molecule has 1 rings (SSSR count). The van der Waals surface area contributed by atoms with Crippen molar-refractivity contribution in [3.05, 3.63) is 24.3 Å². The lowest BCUT2D eigenvalue weighted by atomic mass is 9.94. The van der Waals surface area contributed by atoms with Crippen molar-refractivity contribution in [2.75, 3.05) is 0 Å². The molecule has 0 aromatic carbocycles. The van der Waals surface area contributed by atoms with E-state index < -0.39 is 0 Å². The average molecular weight is 232 g/mol. The van der Waals surface area contributed by atoms with Crippen LogP contribution in [0, 0.1) is 58.2 Å². The van der Waals surface area contributed by atoms with Crippen LogP contribution in [0.1, 0.15) is 27.7 Å². The van der Waals surface area contributed by atoms with Crippen molar-refractivity contribution in [1.29, 1.82) is 0 Å². The Balaban J connectivity index is 3.12. The molecule has 18 heavy (non-hydrogen) atoms. The van der Waals surface area contributed by atoms with Crippen molar-refractivity contribution in [2.24, 2.45) is 10.8 Å². The molecule has 0 aliphatic heterocycles. The van der Waals surface area contributed by atoms with Crippen molar-refractivity contribution in [2.45, 2.75) is 27.7 Å². The van der Waals surface area contributed by atoms with Crippen molar-refractivity contribution in [3.8, 4) is 47.4 Å². The second kappa shape index (κ2) is 5.87. The Kier molecular flexibility index (Phi) is 4.50. The van der Waals surface area contributed by atoms with Crippen molar-refractivity contribution in [1.82, 2.24) is 0 Å². The van der Waals surface area contributed by atoms with Gasteiger partial charge in [-0.2, -0.15) is 0 Å². The maximum absolute atomic E-state index is 3.09. The topological polar surface area (TPSA) is 0 Å². The normalized spacial score (nSPS) is 22.0. The van der Waals surface area contributed by atoms with E-state index in [2.05, 4.69) is 47.4 Å². The van der Waals surface area contributed by atoms with Gasteiger partial charge in [0.05, 0.1) is 10.8 Å². The lowest BCUT2D eigenvalue weighted by Crippen LogP contribution is -2.03. The van der Waals surface area contributed by atoms with E-state index in [0.29, 0.717) is 0 Å². The smallest absolute Gasteiger partial charge is 0.0791 e. The lowest BCUT2D eigenvalue weighted by Gasteiger charge is -2.06. The molecule has 0 nitrogen and oxygen atoms in total. The molecule has 0 saturated heterocycles. The Hall–Kier alpha value is -2.28. The van der Waals surface area contributed by atoms with Crippen LogP contribution in [0.3, 0.4) is 0 Å². The Morgan fingerprint density at radius 1 is 0.500 bits per heavy atom. The van der Waals surface area contributed by atoms with E-state index in [4.69, 9.17) is 0 Å². The molecule has 0 bridgehead atoms. The highest BCUT2D eigenvalue weighted by atomic mass is 14.1. The number of allylic oxidation sites excluding steroid dienone is 4. The fraction of sp³-hybridized carbons (Fsp3) is 0.333. The predicted octanol–water partition coefficient (Wildman–Crippen LogP) is 3.18. The fourth-order valence-corrected chi connectivity index (χ4v) is 1.12. The third-order valence-corrected chi connectivity index (χ3v) is 2.04. The second-order valence-corrected chi connectivity index (χ2v) is 4.99. The van der Waals surface area contributed by atoms with Gasteiger partial charge in [-0.05, 0) is 52.0 Å². The monoisotopic (exact) mass is 232 g/mol. The van der Waals surface area contributed by atoms with E-state index in [-0.39, 0.29) is 10.8 Å². The van der Waals surface area contributed by atoms with Crippen LogP contribution in [-0.4, -0.2) is 0 Å². The summed E-state index contributed by atoms with van der Waals surface area (Å²) in [4.78, 5) is 0. The summed E-state index contributed by atoms with van der Waals surface area (Å²) in [5, 5.41) is 0. The predicted molar refractivity (Wildman–Crippen MR) is 76.9 cm³/mol. The maximum Gasteiger partial charge on any atom is 0.0869 e. The first kappa shape index (κ1) is 13.8. The van der Waals surface area contributed by atoms with Gasteiger partial charge in [0.1, 0.15) is 0 Å². The molecular formula is C18H16. The van der Waals surface area contributed by atoms with Gasteiger partial charge >= 0.3 is 0 Å². The lowest BCUT2D eigenvalue weighted by molar-refractivity contribution is 0.685. The van der Waals surface area contributed by atoms with E-state index in [9.17, 15) is 0 Å². The highest BCUT2D eigenvalue weighted by Gasteiger charge is 2.09. The molecule has 0 heterocycles. The number of hydrogen-bond donors (Lipinski definition) is 0. The summed E-state index contributed by atoms with van der Waals surface area (Å²) in [5.74, 6) is 24.2. The van der Waals surface area contributed by atoms with Gasteiger partial charge in [-0.3, -0.25) is 0 Å². The van der Waals surface area contributed by atoms with E-state index in [1.54, 1.807) is 24.3 Å². The summed E-state index contributed by atoms with van der Waals surface area (Å²) in [7, 11) is 0. The first-order valence-electron chi connectivity index (χ1n) is 5.82. The summed E-state index contributed by atoms with van der Waals surface area (Å²) < 4.78 is 0. The molecule has 0 amide bonds. The van der Waals surface area contributed by atoms with Crippen molar-refractivity contribution < 1.29 is 0 Å². The number of rotatable bonds is 0. The van der Waals surface area contributed by atoms with Crippen LogP contribution in [0.4, 0.5) is 0 Å². The van der Waals surface area contributed by atoms with Crippen LogP contribution in [-0.2, 0) is 0 Å². The molecule has 1 aliphatic carbocycles. The Bertz CT molecular complexity index is 496. The molecule has 88 valence electrons. The summed E-state index contributed by atoms with van der Waals surface area (Å²) >= 11 is 0. The standard InChI is InChI=1S/C18H16/c1-17(2)13-9-5-7-11-15-18(3,4)16-12-8-6-10-14-17/h5-8H,1-4H3/b7-5-,8-6-. The molecule has 0 aromatic rings. The maximum atomic E-state index is 3.09. The molecule has 0 spiro atoms. The van der Waals surface area contributed by atoms with Crippen LogP contribution in [0.25, 0.3) is 0 Å². The molecule has 0 aromatic heterocycles. The molecular weight excluding hydrogens is 216 g/mol. The second-order valence-electron chi connectivity index (χ2n) is 4.99. The minimum atomic E-state index is -0.321. The van der Waals surface area contributed by atoms with Gasteiger partial charge in [0.25, 0.3) is 0 Å². The molecule has 0 unspecified atom stereocenters. The molecule has 0 fully saturated rings. The van der Waals surface area contributed by atoms with Gasteiger partial charge in [-0.25, -0.2) is 0 Å². The zero-order valence-electron chi connectivity index (χ0n) is 11.3. The van der Waals surface area contributed by atoms with Gasteiger partial charge < -0.3 is 0 Å². The molecule has 0 atom stereocenters. The molecule has 1 aliphatic rings. The first-order chi connectivity index (χ1) is 8.41. The average Bonchev–Trinajstić information content (AvgIpc) is 2.27. The highest BCUT2D eigenvalue weighted by molar-refractivity contribution is 5.37. The van der Waals surface area contributed by atoms with Gasteiger partial charge in [-0.1, -0.05) is 47.4 Å². The summed E-state index contributed by atoms with van der Waals surface area (Å²) in [6.07, 6.45) is 7.01. The SMILES string of the molecule is CC1(C)C#C/C=C\C#CC(C)(C)C#C/C=C\C#C1. The van der Waals surface area contributed by atoms with Gasteiger partial charge in [0, 0.05) is 0 Å². The Morgan fingerprint density at radius 2 is 0.722 bits per heavy atom. The van der Waals surface area contributed by atoms with E-state index in [1.807, 2.05) is 27.7 Å². The van der Waals surface area contributed by atoms with Crippen LogP contribution >= 0.6 is 0 Å². The highest BCUT2D eigenvalue weighted by Crippen LogP contribution is 2.11. The minimum Gasteiger partial charge on any atom is -0.0791 e. The zero-order chi connectivity index (χ0) is 13.5. The zero-order valence-corrected chi connectivity index (χ0v) is 11.3. The third-order valence-electron chi connectivity index (χ3n) is 2.04. The van der Waals surface area contributed by atoms with Crippen LogP contribution < -0.4 is 0 Å². The third kappa shape index (κ3) is 5.71. The Labute approximate surface area is 111 Å². The molecule has 0 N–H and O–H groups in total. The van der Waals surface area contributed by atoms with Crippen molar-refractivity contribution in [3.63, 3.8) is 0 Å². The molecule has 0 saturated carbocycles. The fourth-order valence-electron chi connectivity index (χ4n) is 1.12. The minimum absolute atomic E-state index is 0.321.